The van der Waals surface area contributed by atoms with Gasteiger partial charge in [-0.15, -0.1) is 11.3 Å². The number of benzene rings is 2. The number of urea groups is 1. The molecule has 0 saturated heterocycles. The summed E-state index contributed by atoms with van der Waals surface area (Å²) in [4.78, 5) is 19.7. The van der Waals surface area contributed by atoms with Crippen LogP contribution in [-0.4, -0.2) is 46.6 Å². The van der Waals surface area contributed by atoms with Crippen LogP contribution in [0.5, 0.6) is 0 Å². The molecular formula is C23H28N4OS. The largest absolute Gasteiger partial charge is 0.335 e. The minimum atomic E-state index is 0.00196. The van der Waals surface area contributed by atoms with Gasteiger partial charge in [-0.2, -0.15) is 0 Å². The first-order chi connectivity index (χ1) is 14.1. The Morgan fingerprint density at radius 3 is 2.17 bits per heavy atom. The molecule has 0 spiro atoms. The van der Waals surface area contributed by atoms with Crippen molar-refractivity contribution in [2.45, 2.75) is 25.9 Å². The Labute approximate surface area is 177 Å². The molecule has 2 amide bonds. The van der Waals surface area contributed by atoms with Gasteiger partial charge < -0.3 is 4.90 Å². The van der Waals surface area contributed by atoms with Crippen LogP contribution in [0.25, 0.3) is 0 Å². The number of thiazole rings is 1. The molecule has 0 aliphatic rings. The van der Waals surface area contributed by atoms with Gasteiger partial charge in [0.05, 0.1) is 13.1 Å². The third kappa shape index (κ3) is 6.41. The minimum Gasteiger partial charge on any atom is -0.317 e. The molecule has 1 aromatic heterocycles. The van der Waals surface area contributed by atoms with Gasteiger partial charge >= 0.3 is 6.03 Å². The highest BCUT2D eigenvalue weighted by molar-refractivity contribution is 7.09. The van der Waals surface area contributed by atoms with Crippen molar-refractivity contribution in [3.05, 3.63) is 88.4 Å². The van der Waals surface area contributed by atoms with E-state index in [1.54, 1.807) is 22.5 Å². The molecule has 0 aliphatic carbocycles. The van der Waals surface area contributed by atoms with Crippen LogP contribution in [0.15, 0.2) is 72.2 Å². The second-order valence-electron chi connectivity index (χ2n) is 7.11. The van der Waals surface area contributed by atoms with Crippen molar-refractivity contribution in [1.82, 2.24) is 19.9 Å². The molecule has 3 aromatic rings. The zero-order chi connectivity index (χ0) is 20.5. The van der Waals surface area contributed by atoms with E-state index >= 15 is 0 Å². The highest BCUT2D eigenvalue weighted by Gasteiger charge is 2.23. The monoisotopic (exact) mass is 408 g/mol. The summed E-state index contributed by atoms with van der Waals surface area (Å²) in [5.74, 6) is 0. The lowest BCUT2D eigenvalue weighted by atomic mass is 10.1. The molecule has 152 valence electrons. The molecule has 5 nitrogen and oxygen atoms in total. The fourth-order valence-corrected chi connectivity index (χ4v) is 3.79. The zero-order valence-corrected chi connectivity index (χ0v) is 17.9. The van der Waals surface area contributed by atoms with Crippen LogP contribution < -0.4 is 0 Å². The number of hydrazine groups is 1. The van der Waals surface area contributed by atoms with Gasteiger partial charge in [0.15, 0.2) is 0 Å². The summed E-state index contributed by atoms with van der Waals surface area (Å²) in [6, 6.07) is 20.5. The van der Waals surface area contributed by atoms with E-state index in [9.17, 15) is 4.79 Å². The van der Waals surface area contributed by atoms with Crippen LogP contribution in [0.2, 0.25) is 0 Å². The fraction of sp³-hybridized carbons (Fsp3) is 0.304. The van der Waals surface area contributed by atoms with Crippen LogP contribution in [-0.2, 0) is 19.5 Å². The lowest BCUT2D eigenvalue weighted by Crippen LogP contribution is -2.49. The third-order valence-electron chi connectivity index (χ3n) is 4.70. The van der Waals surface area contributed by atoms with Gasteiger partial charge in [0.25, 0.3) is 0 Å². The van der Waals surface area contributed by atoms with Gasteiger partial charge in [0, 0.05) is 32.2 Å². The van der Waals surface area contributed by atoms with E-state index in [1.165, 1.54) is 5.56 Å². The standard InChI is InChI=1S/C23H28N4OS/c1-25(2)27(18-21-12-7-4-8-13-21)23(28)26(19-22-24-15-17-29-22)16-9-14-20-10-5-3-6-11-20/h3-8,10-13,15,17H,9,14,16,18-19H2,1-2H3. The number of nitrogens with zero attached hydrogens (tertiary/aromatic N) is 4. The number of hydrogen-bond donors (Lipinski definition) is 0. The maximum atomic E-state index is 13.4. The Kier molecular flexibility index (Phi) is 7.78. The van der Waals surface area contributed by atoms with E-state index < -0.39 is 0 Å². The Balaban J connectivity index is 1.70. The maximum absolute atomic E-state index is 13.4. The van der Waals surface area contributed by atoms with Crippen LogP contribution in [0.3, 0.4) is 0 Å². The Bertz CT molecular complexity index is 853. The van der Waals surface area contributed by atoms with E-state index in [2.05, 4.69) is 29.2 Å². The van der Waals surface area contributed by atoms with Crippen molar-refractivity contribution >= 4 is 17.4 Å². The summed E-state index contributed by atoms with van der Waals surface area (Å²) >= 11 is 1.59. The molecule has 0 unspecified atom stereocenters. The lowest BCUT2D eigenvalue weighted by molar-refractivity contribution is 0.0318. The van der Waals surface area contributed by atoms with Crippen molar-refractivity contribution in [2.24, 2.45) is 0 Å². The first-order valence-corrected chi connectivity index (χ1v) is 10.7. The van der Waals surface area contributed by atoms with E-state index in [0.717, 1.165) is 23.4 Å². The number of amides is 2. The molecule has 1 heterocycles. The molecule has 29 heavy (non-hydrogen) atoms. The predicted octanol–water partition coefficient (Wildman–Crippen LogP) is 4.68. The van der Waals surface area contributed by atoms with Gasteiger partial charge in [-0.1, -0.05) is 60.7 Å². The molecule has 0 aliphatic heterocycles. The molecule has 2 aromatic carbocycles. The molecule has 6 heteroatoms. The highest BCUT2D eigenvalue weighted by Crippen LogP contribution is 2.15. The lowest BCUT2D eigenvalue weighted by Gasteiger charge is -2.34. The molecule has 0 N–H and O–H groups in total. The number of aromatic nitrogens is 1. The summed E-state index contributed by atoms with van der Waals surface area (Å²) in [6.45, 7) is 1.76. The van der Waals surface area contributed by atoms with Crippen LogP contribution in [0.1, 0.15) is 22.6 Å². The predicted molar refractivity (Wildman–Crippen MR) is 118 cm³/mol. The van der Waals surface area contributed by atoms with E-state index in [-0.39, 0.29) is 6.03 Å². The molecule has 0 atom stereocenters. The number of rotatable bonds is 9. The molecule has 0 fully saturated rings. The first-order valence-electron chi connectivity index (χ1n) is 9.83. The van der Waals surface area contributed by atoms with Gasteiger partial charge in [-0.05, 0) is 24.0 Å². The fourth-order valence-electron chi connectivity index (χ4n) is 3.16. The van der Waals surface area contributed by atoms with Gasteiger partial charge in [-0.25, -0.2) is 14.8 Å². The molecule has 0 bridgehead atoms. The van der Waals surface area contributed by atoms with E-state index in [4.69, 9.17) is 0 Å². The quantitative estimate of drug-likeness (QED) is 0.483. The molecule has 0 saturated carbocycles. The summed E-state index contributed by atoms with van der Waals surface area (Å²) in [5, 5.41) is 6.55. The molecule has 0 radical (unpaired) electrons. The van der Waals surface area contributed by atoms with Crippen molar-refractivity contribution in [3.8, 4) is 0 Å². The highest BCUT2D eigenvalue weighted by atomic mass is 32.1. The van der Waals surface area contributed by atoms with E-state index in [0.29, 0.717) is 19.6 Å². The average molecular weight is 409 g/mol. The number of hydrogen-bond acceptors (Lipinski definition) is 4. The summed E-state index contributed by atoms with van der Waals surface area (Å²) in [6.07, 6.45) is 3.65. The van der Waals surface area contributed by atoms with Gasteiger partial charge in [-0.3, -0.25) is 5.01 Å². The third-order valence-corrected chi connectivity index (χ3v) is 5.46. The second kappa shape index (κ2) is 10.7. The molecule has 3 rings (SSSR count). The van der Waals surface area contributed by atoms with Gasteiger partial charge in [0.2, 0.25) is 0 Å². The van der Waals surface area contributed by atoms with Crippen molar-refractivity contribution in [2.75, 3.05) is 20.6 Å². The van der Waals surface area contributed by atoms with Crippen LogP contribution in [0, 0.1) is 0 Å². The summed E-state index contributed by atoms with van der Waals surface area (Å²) < 4.78 is 0. The Morgan fingerprint density at radius 1 is 0.931 bits per heavy atom. The smallest absolute Gasteiger partial charge is 0.317 e. The first kappa shape index (κ1) is 21.0. The maximum Gasteiger partial charge on any atom is 0.335 e. The Hall–Kier alpha value is -2.70. The summed E-state index contributed by atoms with van der Waals surface area (Å²) in [7, 11) is 3.82. The van der Waals surface area contributed by atoms with Crippen molar-refractivity contribution < 1.29 is 4.79 Å². The van der Waals surface area contributed by atoms with Crippen molar-refractivity contribution in [1.29, 1.82) is 0 Å². The summed E-state index contributed by atoms with van der Waals surface area (Å²) in [5.41, 5.74) is 2.40. The number of carbonyl (C=O) groups excluding carboxylic acids is 1. The van der Waals surface area contributed by atoms with Crippen LogP contribution in [0.4, 0.5) is 4.79 Å². The molecular weight excluding hydrogens is 380 g/mol. The second-order valence-corrected chi connectivity index (χ2v) is 8.09. The normalized spacial score (nSPS) is 10.9. The Morgan fingerprint density at radius 2 is 1.59 bits per heavy atom. The average Bonchev–Trinajstić information content (AvgIpc) is 3.25. The topological polar surface area (TPSA) is 39.7 Å². The minimum absolute atomic E-state index is 0.00196. The zero-order valence-electron chi connectivity index (χ0n) is 17.1. The number of aryl methyl sites for hydroxylation is 1. The van der Waals surface area contributed by atoms with Crippen LogP contribution >= 0.6 is 11.3 Å². The SMILES string of the molecule is CN(C)N(Cc1ccccc1)C(=O)N(CCCc1ccccc1)Cc1nccs1. The number of carbonyl (C=O) groups is 1. The van der Waals surface area contributed by atoms with Gasteiger partial charge in [0.1, 0.15) is 5.01 Å². The van der Waals surface area contributed by atoms with Crippen molar-refractivity contribution in [3.63, 3.8) is 0 Å². The van der Waals surface area contributed by atoms with E-state index in [1.807, 2.05) is 65.8 Å².